The van der Waals surface area contributed by atoms with E-state index >= 15 is 0 Å². The predicted octanol–water partition coefficient (Wildman–Crippen LogP) is 3.86. The number of benzene rings is 1. The number of allylic oxidation sites excluding steroid dienone is 1. The lowest BCUT2D eigenvalue weighted by Gasteiger charge is -2.26. The number of amides is 1. The van der Waals surface area contributed by atoms with Crippen molar-refractivity contribution in [2.24, 2.45) is 5.92 Å². The number of carbonyl (C=O) groups excluding carboxylic acids is 1. The Hall–Kier alpha value is -1.57. The summed E-state index contributed by atoms with van der Waals surface area (Å²) >= 11 is 0. The molecule has 0 bridgehead atoms. The molecule has 1 amide bonds. The van der Waals surface area contributed by atoms with Crippen LogP contribution in [0.2, 0.25) is 0 Å². The quantitative estimate of drug-likeness (QED) is 0.758. The molecule has 18 heavy (non-hydrogen) atoms. The molecule has 1 rings (SSSR count). The highest BCUT2D eigenvalue weighted by atomic mass is 16.1. The van der Waals surface area contributed by atoms with Gasteiger partial charge < -0.3 is 5.32 Å². The third kappa shape index (κ3) is 4.02. The van der Waals surface area contributed by atoms with Crippen molar-refractivity contribution < 1.29 is 4.79 Å². The van der Waals surface area contributed by atoms with Crippen LogP contribution in [0.4, 0.5) is 0 Å². The minimum absolute atomic E-state index is 0.0155. The molecule has 1 unspecified atom stereocenters. The molecule has 1 atom stereocenters. The highest BCUT2D eigenvalue weighted by Gasteiger charge is 2.21. The lowest BCUT2D eigenvalue weighted by Crippen LogP contribution is -2.32. The number of hydrogen-bond acceptors (Lipinski definition) is 1. The predicted molar refractivity (Wildman–Crippen MR) is 76.2 cm³/mol. The molecule has 2 nitrogen and oxygen atoms in total. The van der Waals surface area contributed by atoms with Crippen molar-refractivity contribution in [2.45, 2.75) is 39.7 Å². The summed E-state index contributed by atoms with van der Waals surface area (Å²) in [7, 11) is 0. The molecule has 0 radical (unpaired) electrons. The molecule has 0 heterocycles. The maximum absolute atomic E-state index is 11.8. The van der Waals surface area contributed by atoms with E-state index in [0.717, 1.165) is 12.8 Å². The van der Waals surface area contributed by atoms with Crippen molar-refractivity contribution in [2.75, 3.05) is 0 Å². The summed E-state index contributed by atoms with van der Waals surface area (Å²) in [5.41, 5.74) is 1.18. The van der Waals surface area contributed by atoms with E-state index in [9.17, 15) is 4.79 Å². The number of nitrogens with one attached hydrogen (secondary N) is 1. The molecule has 1 N–H and O–H groups in total. The SMILES string of the molecule is CC=CC(=O)NC(c1ccccc1)C(CC)CC. The maximum Gasteiger partial charge on any atom is 0.244 e. The molecule has 0 saturated heterocycles. The Bertz CT molecular complexity index is 379. The summed E-state index contributed by atoms with van der Waals surface area (Å²) in [6, 6.07) is 10.3. The molecule has 0 aliphatic carbocycles. The van der Waals surface area contributed by atoms with Gasteiger partial charge in [0, 0.05) is 0 Å². The van der Waals surface area contributed by atoms with Crippen LogP contribution in [0.5, 0.6) is 0 Å². The summed E-state index contributed by atoms with van der Waals surface area (Å²) in [6.45, 7) is 6.20. The van der Waals surface area contributed by atoms with Gasteiger partial charge in [0.15, 0.2) is 0 Å². The molecular weight excluding hydrogens is 222 g/mol. The second-order valence-corrected chi connectivity index (χ2v) is 4.47. The van der Waals surface area contributed by atoms with Crippen molar-refractivity contribution >= 4 is 5.91 Å². The fraction of sp³-hybridized carbons (Fsp3) is 0.438. The average Bonchev–Trinajstić information content (AvgIpc) is 2.40. The van der Waals surface area contributed by atoms with Crippen LogP contribution in [0.15, 0.2) is 42.5 Å². The molecule has 0 aliphatic rings. The van der Waals surface area contributed by atoms with Gasteiger partial charge in [-0.3, -0.25) is 4.79 Å². The van der Waals surface area contributed by atoms with E-state index in [0.29, 0.717) is 5.92 Å². The van der Waals surface area contributed by atoms with Gasteiger partial charge in [-0.2, -0.15) is 0 Å². The van der Waals surface area contributed by atoms with Gasteiger partial charge in [0.05, 0.1) is 6.04 Å². The summed E-state index contributed by atoms with van der Waals surface area (Å²) in [6.07, 6.45) is 5.47. The van der Waals surface area contributed by atoms with E-state index in [2.05, 4.69) is 31.3 Å². The average molecular weight is 245 g/mol. The zero-order valence-electron chi connectivity index (χ0n) is 11.5. The third-order valence-corrected chi connectivity index (χ3v) is 3.29. The minimum Gasteiger partial charge on any atom is -0.345 e. The molecule has 0 aliphatic heterocycles. The van der Waals surface area contributed by atoms with Gasteiger partial charge in [0.2, 0.25) is 5.91 Å². The topological polar surface area (TPSA) is 29.1 Å². The van der Waals surface area contributed by atoms with Crippen molar-refractivity contribution in [1.29, 1.82) is 0 Å². The van der Waals surface area contributed by atoms with E-state index in [4.69, 9.17) is 0 Å². The first-order valence-corrected chi connectivity index (χ1v) is 6.71. The molecule has 2 heteroatoms. The Kier molecular flexibility index (Phi) is 6.20. The zero-order chi connectivity index (χ0) is 13.4. The fourth-order valence-electron chi connectivity index (χ4n) is 2.25. The smallest absolute Gasteiger partial charge is 0.244 e. The van der Waals surface area contributed by atoms with Gasteiger partial charge in [-0.1, -0.05) is 63.1 Å². The highest BCUT2D eigenvalue weighted by Crippen LogP contribution is 2.27. The van der Waals surface area contributed by atoms with Crippen LogP contribution in [0.25, 0.3) is 0 Å². The van der Waals surface area contributed by atoms with Crippen LogP contribution < -0.4 is 5.32 Å². The van der Waals surface area contributed by atoms with Crippen molar-refractivity contribution in [3.8, 4) is 0 Å². The van der Waals surface area contributed by atoms with Gasteiger partial charge in [-0.05, 0) is 24.5 Å². The largest absolute Gasteiger partial charge is 0.345 e. The summed E-state index contributed by atoms with van der Waals surface area (Å²) < 4.78 is 0. The van der Waals surface area contributed by atoms with Crippen LogP contribution in [-0.2, 0) is 4.79 Å². The Labute approximate surface area is 110 Å². The van der Waals surface area contributed by atoms with Crippen LogP contribution >= 0.6 is 0 Å². The third-order valence-electron chi connectivity index (χ3n) is 3.29. The number of hydrogen-bond donors (Lipinski definition) is 1. The van der Waals surface area contributed by atoms with Crippen LogP contribution in [-0.4, -0.2) is 5.91 Å². The maximum atomic E-state index is 11.8. The number of rotatable bonds is 6. The van der Waals surface area contributed by atoms with Crippen molar-refractivity contribution in [1.82, 2.24) is 5.32 Å². The van der Waals surface area contributed by atoms with Gasteiger partial charge in [0.25, 0.3) is 0 Å². The standard InChI is InChI=1S/C16H23NO/c1-4-10-15(18)17-16(13(5-2)6-3)14-11-8-7-9-12-14/h4,7-13,16H,5-6H2,1-3H3,(H,17,18). The Morgan fingerprint density at radius 2 is 1.83 bits per heavy atom. The van der Waals surface area contributed by atoms with E-state index in [1.165, 1.54) is 5.56 Å². The summed E-state index contributed by atoms with van der Waals surface area (Å²) in [5.74, 6) is 0.458. The van der Waals surface area contributed by atoms with E-state index in [1.807, 2.05) is 25.1 Å². The molecule has 1 aromatic rings. The van der Waals surface area contributed by atoms with Crippen LogP contribution in [0.1, 0.15) is 45.2 Å². The molecule has 1 aromatic carbocycles. The Balaban J connectivity index is 2.91. The molecule has 0 spiro atoms. The van der Waals surface area contributed by atoms with E-state index < -0.39 is 0 Å². The first kappa shape index (κ1) is 14.5. The molecular formula is C16H23NO. The van der Waals surface area contributed by atoms with Crippen molar-refractivity contribution in [3.63, 3.8) is 0 Å². The van der Waals surface area contributed by atoms with Crippen molar-refractivity contribution in [3.05, 3.63) is 48.0 Å². The van der Waals surface area contributed by atoms with Crippen LogP contribution in [0.3, 0.4) is 0 Å². The van der Waals surface area contributed by atoms with E-state index in [-0.39, 0.29) is 11.9 Å². The van der Waals surface area contributed by atoms with E-state index in [1.54, 1.807) is 12.2 Å². The Morgan fingerprint density at radius 1 is 1.22 bits per heavy atom. The molecule has 0 fully saturated rings. The van der Waals surface area contributed by atoms with Gasteiger partial charge in [0.1, 0.15) is 0 Å². The summed E-state index contributed by atoms with van der Waals surface area (Å²) in [5, 5.41) is 3.11. The van der Waals surface area contributed by atoms with Gasteiger partial charge >= 0.3 is 0 Å². The zero-order valence-corrected chi connectivity index (χ0v) is 11.5. The fourth-order valence-corrected chi connectivity index (χ4v) is 2.25. The van der Waals surface area contributed by atoms with Crippen LogP contribution in [0, 0.1) is 5.92 Å². The second kappa shape index (κ2) is 7.70. The Morgan fingerprint density at radius 3 is 2.33 bits per heavy atom. The van der Waals surface area contributed by atoms with Gasteiger partial charge in [-0.15, -0.1) is 0 Å². The summed E-state index contributed by atoms with van der Waals surface area (Å²) in [4.78, 5) is 11.8. The lowest BCUT2D eigenvalue weighted by molar-refractivity contribution is -0.117. The number of carbonyl (C=O) groups is 1. The van der Waals surface area contributed by atoms with Gasteiger partial charge in [-0.25, -0.2) is 0 Å². The lowest BCUT2D eigenvalue weighted by atomic mass is 9.89. The first-order valence-electron chi connectivity index (χ1n) is 6.71. The monoisotopic (exact) mass is 245 g/mol. The molecule has 0 saturated carbocycles. The molecule has 98 valence electrons. The first-order chi connectivity index (χ1) is 8.72. The minimum atomic E-state index is -0.0155. The second-order valence-electron chi connectivity index (χ2n) is 4.47. The highest BCUT2D eigenvalue weighted by molar-refractivity contribution is 5.87. The molecule has 0 aromatic heterocycles. The normalized spacial score (nSPS) is 12.9.